The van der Waals surface area contributed by atoms with Crippen molar-refractivity contribution in [2.24, 2.45) is 0 Å². The first-order valence-corrected chi connectivity index (χ1v) is 11.2. The van der Waals surface area contributed by atoms with Crippen molar-refractivity contribution in [1.29, 1.82) is 0 Å². The number of ether oxygens (including phenoxy) is 1. The van der Waals surface area contributed by atoms with Crippen molar-refractivity contribution in [3.63, 3.8) is 0 Å². The van der Waals surface area contributed by atoms with Crippen LogP contribution in [0.3, 0.4) is 0 Å². The summed E-state index contributed by atoms with van der Waals surface area (Å²) in [5.74, 6) is -1.04. The Morgan fingerprint density at radius 1 is 0.722 bits per heavy atom. The minimum Gasteiger partial charge on any atom is -0.432 e. The minimum atomic E-state index is -3.97. The molecule has 0 radical (unpaired) electrons. The van der Waals surface area contributed by atoms with Crippen molar-refractivity contribution in [3.8, 4) is 17.6 Å². The molecule has 0 amide bonds. The van der Waals surface area contributed by atoms with Crippen LogP contribution >= 0.6 is 0 Å². The van der Waals surface area contributed by atoms with E-state index in [4.69, 9.17) is 0 Å². The van der Waals surface area contributed by atoms with Gasteiger partial charge < -0.3 is 4.74 Å². The Hall–Kier alpha value is -3.47. The molecule has 8 heteroatoms. The van der Waals surface area contributed by atoms with E-state index < -0.39 is 64.9 Å². The number of halogens is 7. The van der Waals surface area contributed by atoms with Gasteiger partial charge in [-0.15, -0.1) is 0 Å². The maximum Gasteiger partial charge on any atom is 0.398 e. The van der Waals surface area contributed by atoms with Crippen LogP contribution in [-0.2, 0) is 12.8 Å². The number of alkyl halides is 2. The van der Waals surface area contributed by atoms with Crippen LogP contribution in [0.1, 0.15) is 53.1 Å². The predicted molar refractivity (Wildman–Crippen MR) is 122 cm³/mol. The molecule has 0 heterocycles. The molecule has 0 aliphatic carbocycles. The second-order valence-electron chi connectivity index (χ2n) is 8.46. The second-order valence-corrected chi connectivity index (χ2v) is 8.46. The molecule has 0 aliphatic heterocycles. The molecule has 3 rings (SSSR count). The zero-order chi connectivity index (χ0) is 26.6. The van der Waals surface area contributed by atoms with E-state index in [0.717, 1.165) is 18.2 Å². The van der Waals surface area contributed by atoms with Crippen molar-refractivity contribution in [2.45, 2.75) is 52.6 Å². The van der Waals surface area contributed by atoms with Gasteiger partial charge in [-0.1, -0.05) is 31.3 Å². The Kier molecular flexibility index (Phi) is 8.34. The van der Waals surface area contributed by atoms with Crippen LogP contribution in [0.15, 0.2) is 36.4 Å². The maximum atomic E-state index is 14.4. The van der Waals surface area contributed by atoms with Crippen LogP contribution in [-0.4, -0.2) is 6.11 Å². The summed E-state index contributed by atoms with van der Waals surface area (Å²) in [6, 6.07) is 5.92. The molecule has 190 valence electrons. The van der Waals surface area contributed by atoms with Gasteiger partial charge in [0.05, 0.1) is 12.0 Å². The number of hydrogen-bond acceptors (Lipinski definition) is 1. The Morgan fingerprint density at radius 2 is 1.33 bits per heavy atom. The lowest BCUT2D eigenvalue weighted by Crippen LogP contribution is -2.26. The first-order valence-electron chi connectivity index (χ1n) is 11.2. The van der Waals surface area contributed by atoms with Crippen LogP contribution < -0.4 is 4.74 Å². The minimum absolute atomic E-state index is 0.214. The van der Waals surface area contributed by atoms with E-state index >= 15 is 0 Å². The van der Waals surface area contributed by atoms with Crippen molar-refractivity contribution in [1.82, 2.24) is 0 Å². The Labute approximate surface area is 204 Å². The van der Waals surface area contributed by atoms with Crippen LogP contribution in [0.4, 0.5) is 30.7 Å². The number of benzene rings is 3. The molecule has 0 aliphatic rings. The van der Waals surface area contributed by atoms with Crippen LogP contribution in [0.5, 0.6) is 5.75 Å². The van der Waals surface area contributed by atoms with Crippen molar-refractivity contribution < 1.29 is 35.5 Å². The molecule has 0 atom stereocenters. The molecule has 0 unspecified atom stereocenters. The first kappa shape index (κ1) is 27.1. The number of hydrogen-bond donors (Lipinski definition) is 0. The molecule has 0 aromatic heterocycles. The van der Waals surface area contributed by atoms with Gasteiger partial charge in [0.1, 0.15) is 34.8 Å². The summed E-state index contributed by atoms with van der Waals surface area (Å²) in [7, 11) is 0. The van der Waals surface area contributed by atoms with E-state index in [1.54, 1.807) is 13.8 Å². The monoisotopic (exact) mass is 508 g/mol. The van der Waals surface area contributed by atoms with Gasteiger partial charge in [-0.2, -0.15) is 8.78 Å². The molecule has 3 aromatic carbocycles. The first-order chi connectivity index (χ1) is 16.9. The van der Waals surface area contributed by atoms with Crippen molar-refractivity contribution >= 4 is 0 Å². The number of aryl methyl sites for hydroxylation is 3. The van der Waals surface area contributed by atoms with Gasteiger partial charge in [0.25, 0.3) is 0 Å². The predicted octanol–water partition coefficient (Wildman–Crippen LogP) is 7.96. The summed E-state index contributed by atoms with van der Waals surface area (Å²) in [4.78, 5) is 0. The topological polar surface area (TPSA) is 9.23 Å². The smallest absolute Gasteiger partial charge is 0.398 e. The van der Waals surface area contributed by atoms with Crippen LogP contribution in [0.25, 0.3) is 0 Å². The normalized spacial score (nSPS) is 11.3. The van der Waals surface area contributed by atoms with E-state index in [1.807, 2.05) is 6.92 Å². The molecule has 0 spiro atoms. The lowest BCUT2D eigenvalue weighted by Gasteiger charge is -2.19. The standard InChI is InChI=1S/C28H23F7O/c1-4-5-18-11-24(30)22(25(31)12-18)8-9-28(34,35)36-20-14-26(32)21(27(33)15-20)7-6-19-13-23(29)17(3)10-16(19)2/h10-15H,4-5,8-9H2,1-3H3. The lowest BCUT2D eigenvalue weighted by molar-refractivity contribution is -0.180. The maximum absolute atomic E-state index is 14.4. The van der Waals surface area contributed by atoms with Gasteiger partial charge >= 0.3 is 6.11 Å². The van der Waals surface area contributed by atoms with Gasteiger partial charge in [-0.3, -0.25) is 0 Å². The van der Waals surface area contributed by atoms with E-state index in [0.29, 0.717) is 41.7 Å². The van der Waals surface area contributed by atoms with Gasteiger partial charge in [0, 0.05) is 23.3 Å². The zero-order valence-electron chi connectivity index (χ0n) is 19.8. The fourth-order valence-corrected chi connectivity index (χ4v) is 3.64. The number of rotatable bonds is 7. The Bertz CT molecular complexity index is 1290. The molecule has 1 nitrogen and oxygen atoms in total. The van der Waals surface area contributed by atoms with Crippen molar-refractivity contribution in [3.05, 3.63) is 98.9 Å². The fourth-order valence-electron chi connectivity index (χ4n) is 3.64. The molecule has 36 heavy (non-hydrogen) atoms. The summed E-state index contributed by atoms with van der Waals surface area (Å²) in [5, 5.41) is 0. The molecule has 0 bridgehead atoms. The molecule has 0 fully saturated rings. The lowest BCUT2D eigenvalue weighted by atomic mass is 10.0. The van der Waals surface area contributed by atoms with Gasteiger partial charge in [0.15, 0.2) is 0 Å². The second kappa shape index (κ2) is 11.1. The van der Waals surface area contributed by atoms with Crippen LogP contribution in [0.2, 0.25) is 0 Å². The molecule has 0 N–H and O–H groups in total. The molecule has 0 saturated carbocycles. The Morgan fingerprint density at radius 3 is 1.92 bits per heavy atom. The van der Waals surface area contributed by atoms with Gasteiger partial charge in [-0.05, 0) is 61.6 Å². The summed E-state index contributed by atoms with van der Waals surface area (Å²) in [6.45, 7) is 5.04. The molecule has 3 aromatic rings. The average molecular weight is 508 g/mol. The third-order valence-electron chi connectivity index (χ3n) is 5.52. The fraction of sp³-hybridized carbons (Fsp3) is 0.286. The highest BCUT2D eigenvalue weighted by atomic mass is 19.3. The Balaban J connectivity index is 1.76. The average Bonchev–Trinajstić information content (AvgIpc) is 2.75. The van der Waals surface area contributed by atoms with Crippen LogP contribution in [0, 0.1) is 54.8 Å². The summed E-state index contributed by atoms with van der Waals surface area (Å²) < 4.78 is 104. The van der Waals surface area contributed by atoms with E-state index in [1.165, 1.54) is 6.07 Å². The van der Waals surface area contributed by atoms with Crippen molar-refractivity contribution in [2.75, 3.05) is 0 Å². The SMILES string of the molecule is CCCc1cc(F)c(CCC(F)(F)Oc2cc(F)c(C#Cc3cc(F)c(C)cc3C)c(F)c2)c(F)c1. The highest BCUT2D eigenvalue weighted by molar-refractivity contribution is 5.49. The largest absolute Gasteiger partial charge is 0.432 e. The zero-order valence-corrected chi connectivity index (χ0v) is 19.8. The summed E-state index contributed by atoms with van der Waals surface area (Å²) >= 11 is 0. The van der Waals surface area contributed by atoms with E-state index in [2.05, 4.69) is 16.6 Å². The third kappa shape index (κ3) is 6.60. The molecular weight excluding hydrogens is 485 g/mol. The van der Waals surface area contributed by atoms with E-state index in [9.17, 15) is 30.7 Å². The van der Waals surface area contributed by atoms with Gasteiger partial charge in [-0.25, -0.2) is 22.0 Å². The molecular formula is C28H23F7O. The third-order valence-corrected chi connectivity index (χ3v) is 5.52. The van der Waals surface area contributed by atoms with Gasteiger partial charge in [0.2, 0.25) is 0 Å². The molecule has 0 saturated heterocycles. The highest BCUT2D eigenvalue weighted by Crippen LogP contribution is 2.30. The summed E-state index contributed by atoms with van der Waals surface area (Å²) in [5.41, 5.74) is 0.375. The quantitative estimate of drug-likeness (QED) is 0.232. The highest BCUT2D eigenvalue weighted by Gasteiger charge is 2.33. The van der Waals surface area contributed by atoms with E-state index in [-0.39, 0.29) is 5.56 Å². The summed E-state index contributed by atoms with van der Waals surface area (Å²) in [6.07, 6.45) is -4.70.